The Labute approximate surface area is 136 Å². The number of halogens is 1. The topological polar surface area (TPSA) is 83.1 Å². The van der Waals surface area contributed by atoms with E-state index in [0.717, 1.165) is 10.0 Å². The van der Waals surface area contributed by atoms with Crippen LogP contribution in [0.4, 0.5) is 4.79 Å². The molecule has 0 atom stereocenters. The molecule has 0 spiro atoms. The molecule has 0 saturated carbocycles. The first kappa shape index (κ1) is 18.1. The van der Waals surface area contributed by atoms with Crippen molar-refractivity contribution in [3.8, 4) is 11.5 Å². The third kappa shape index (κ3) is 5.44. The summed E-state index contributed by atoms with van der Waals surface area (Å²) in [6.45, 7) is 1.88. The van der Waals surface area contributed by atoms with Gasteiger partial charge < -0.3 is 14.8 Å². The van der Waals surface area contributed by atoms with Gasteiger partial charge in [-0.05, 0) is 40.0 Å². The van der Waals surface area contributed by atoms with Crippen LogP contribution in [0.5, 0.6) is 11.5 Å². The molecule has 1 rings (SSSR count). The van der Waals surface area contributed by atoms with E-state index in [1.54, 1.807) is 27.2 Å². The number of rotatable bonds is 6. The maximum absolute atomic E-state index is 11.3. The SMILES string of the molecule is CCC(=O)OOC(=O)NCCc1cc(OC)c(Br)cc1OC. The molecule has 22 heavy (non-hydrogen) atoms. The average Bonchev–Trinajstić information content (AvgIpc) is 2.53. The molecule has 0 unspecified atom stereocenters. The zero-order chi connectivity index (χ0) is 16.5. The van der Waals surface area contributed by atoms with Crippen molar-refractivity contribution in [1.29, 1.82) is 0 Å². The van der Waals surface area contributed by atoms with E-state index in [0.29, 0.717) is 17.9 Å². The molecule has 8 heteroatoms. The van der Waals surface area contributed by atoms with E-state index in [4.69, 9.17) is 9.47 Å². The van der Waals surface area contributed by atoms with Crippen LogP contribution in [-0.4, -0.2) is 32.8 Å². The lowest BCUT2D eigenvalue weighted by molar-refractivity contribution is -0.231. The van der Waals surface area contributed by atoms with E-state index in [1.807, 2.05) is 6.07 Å². The molecule has 0 aliphatic carbocycles. The fourth-order valence-corrected chi connectivity index (χ4v) is 2.08. The Morgan fingerprint density at radius 1 is 1.14 bits per heavy atom. The number of benzene rings is 1. The number of carbonyl (C=O) groups is 2. The molecular formula is C14H18BrNO6. The molecule has 7 nitrogen and oxygen atoms in total. The lowest BCUT2D eigenvalue weighted by Crippen LogP contribution is -2.27. The molecule has 0 heterocycles. The van der Waals surface area contributed by atoms with Gasteiger partial charge in [0.15, 0.2) is 0 Å². The van der Waals surface area contributed by atoms with Crippen molar-refractivity contribution in [2.75, 3.05) is 20.8 Å². The monoisotopic (exact) mass is 375 g/mol. The van der Waals surface area contributed by atoms with Gasteiger partial charge in [-0.2, -0.15) is 0 Å². The number of methoxy groups -OCH3 is 2. The Hall–Kier alpha value is -1.96. The summed E-state index contributed by atoms with van der Waals surface area (Å²) < 4.78 is 11.3. The highest BCUT2D eigenvalue weighted by molar-refractivity contribution is 9.10. The van der Waals surface area contributed by atoms with Gasteiger partial charge in [0, 0.05) is 13.0 Å². The van der Waals surface area contributed by atoms with Crippen LogP contribution in [-0.2, 0) is 21.0 Å². The summed E-state index contributed by atoms with van der Waals surface area (Å²) in [6, 6.07) is 3.60. The highest BCUT2D eigenvalue weighted by Gasteiger charge is 2.11. The van der Waals surface area contributed by atoms with Crippen molar-refractivity contribution in [2.24, 2.45) is 0 Å². The van der Waals surface area contributed by atoms with E-state index in [9.17, 15) is 9.59 Å². The van der Waals surface area contributed by atoms with Crippen LogP contribution < -0.4 is 14.8 Å². The van der Waals surface area contributed by atoms with Crippen LogP contribution in [0, 0.1) is 0 Å². The smallest absolute Gasteiger partial charge is 0.450 e. The lowest BCUT2D eigenvalue weighted by Gasteiger charge is -2.12. The quantitative estimate of drug-likeness (QED) is 0.607. The van der Waals surface area contributed by atoms with E-state index in [1.165, 1.54) is 0 Å². The first-order valence-corrected chi connectivity index (χ1v) is 7.36. The van der Waals surface area contributed by atoms with Gasteiger partial charge in [-0.1, -0.05) is 6.92 Å². The van der Waals surface area contributed by atoms with Gasteiger partial charge in [0.2, 0.25) is 0 Å². The van der Waals surface area contributed by atoms with Gasteiger partial charge in [-0.3, -0.25) is 0 Å². The number of amides is 1. The van der Waals surface area contributed by atoms with Crippen LogP contribution in [0.3, 0.4) is 0 Å². The zero-order valence-corrected chi connectivity index (χ0v) is 14.2. The van der Waals surface area contributed by atoms with Gasteiger partial charge in [-0.15, -0.1) is 0 Å². The summed E-state index contributed by atoms with van der Waals surface area (Å²) in [5, 5.41) is 2.47. The highest BCUT2D eigenvalue weighted by atomic mass is 79.9. The van der Waals surface area contributed by atoms with Crippen molar-refractivity contribution in [1.82, 2.24) is 5.32 Å². The predicted octanol–water partition coefficient (Wildman–Crippen LogP) is 2.60. The molecule has 1 amide bonds. The maximum atomic E-state index is 11.3. The Balaban J connectivity index is 2.53. The van der Waals surface area contributed by atoms with Crippen molar-refractivity contribution >= 4 is 28.0 Å². The summed E-state index contributed by atoms with van der Waals surface area (Å²) in [6.07, 6.45) is -0.211. The highest BCUT2D eigenvalue weighted by Crippen LogP contribution is 2.32. The standard InChI is InChI=1S/C14H18BrNO6/c1-4-13(17)21-22-14(18)16-6-5-9-7-12(20-3)10(15)8-11(9)19-2/h7-8H,4-6H2,1-3H3,(H,16,18). The fourth-order valence-electron chi connectivity index (χ4n) is 1.59. The van der Waals surface area contributed by atoms with Gasteiger partial charge in [-0.25, -0.2) is 19.4 Å². The summed E-state index contributed by atoms with van der Waals surface area (Å²) >= 11 is 3.37. The first-order valence-electron chi connectivity index (χ1n) is 6.57. The van der Waals surface area contributed by atoms with Crippen LogP contribution in [0.2, 0.25) is 0 Å². The van der Waals surface area contributed by atoms with Gasteiger partial charge >= 0.3 is 12.1 Å². The number of carbonyl (C=O) groups excluding carboxylic acids is 2. The molecule has 0 radical (unpaired) electrons. The lowest BCUT2D eigenvalue weighted by atomic mass is 10.1. The van der Waals surface area contributed by atoms with Crippen LogP contribution in [0.25, 0.3) is 0 Å². The van der Waals surface area contributed by atoms with Crippen LogP contribution >= 0.6 is 15.9 Å². The zero-order valence-electron chi connectivity index (χ0n) is 12.6. The largest absolute Gasteiger partial charge is 0.496 e. The molecule has 0 bridgehead atoms. The average molecular weight is 376 g/mol. The predicted molar refractivity (Wildman–Crippen MR) is 81.8 cm³/mol. The minimum absolute atomic E-state index is 0.128. The minimum Gasteiger partial charge on any atom is -0.496 e. The summed E-state index contributed by atoms with van der Waals surface area (Å²) in [7, 11) is 3.12. The molecule has 0 saturated heterocycles. The summed E-state index contributed by atoms with van der Waals surface area (Å²) in [5.74, 6) is 0.713. The number of hydrogen-bond acceptors (Lipinski definition) is 6. The second-order valence-corrected chi connectivity index (χ2v) is 5.01. The molecule has 0 fully saturated rings. The Morgan fingerprint density at radius 2 is 1.82 bits per heavy atom. The van der Waals surface area contributed by atoms with E-state index >= 15 is 0 Å². The Morgan fingerprint density at radius 3 is 2.41 bits per heavy atom. The Kier molecular flexibility index (Phi) is 7.51. The van der Waals surface area contributed by atoms with Crippen molar-refractivity contribution in [3.63, 3.8) is 0 Å². The molecular weight excluding hydrogens is 358 g/mol. The third-order valence-corrected chi connectivity index (χ3v) is 3.34. The van der Waals surface area contributed by atoms with Crippen LogP contribution in [0.1, 0.15) is 18.9 Å². The fraction of sp³-hybridized carbons (Fsp3) is 0.429. The second-order valence-electron chi connectivity index (χ2n) is 4.16. The summed E-state index contributed by atoms with van der Waals surface area (Å²) in [4.78, 5) is 30.7. The maximum Gasteiger partial charge on any atom is 0.450 e. The summed E-state index contributed by atoms with van der Waals surface area (Å²) in [5.41, 5.74) is 0.855. The number of hydrogen-bond donors (Lipinski definition) is 1. The molecule has 122 valence electrons. The van der Waals surface area contributed by atoms with E-state index in [-0.39, 0.29) is 13.0 Å². The first-order chi connectivity index (χ1) is 10.5. The second kappa shape index (κ2) is 9.14. The van der Waals surface area contributed by atoms with Gasteiger partial charge in [0.1, 0.15) is 11.5 Å². The van der Waals surface area contributed by atoms with Gasteiger partial charge in [0.05, 0.1) is 18.7 Å². The third-order valence-electron chi connectivity index (χ3n) is 2.72. The van der Waals surface area contributed by atoms with Gasteiger partial charge in [0.25, 0.3) is 0 Å². The van der Waals surface area contributed by atoms with Crippen molar-refractivity contribution in [3.05, 3.63) is 22.2 Å². The molecule has 1 N–H and O–H groups in total. The minimum atomic E-state index is -0.829. The van der Waals surface area contributed by atoms with Crippen LogP contribution in [0.15, 0.2) is 16.6 Å². The Bertz CT molecular complexity index is 534. The van der Waals surface area contributed by atoms with E-state index in [2.05, 4.69) is 31.0 Å². The van der Waals surface area contributed by atoms with Crippen molar-refractivity contribution in [2.45, 2.75) is 19.8 Å². The number of ether oxygens (including phenoxy) is 2. The molecule has 0 aromatic heterocycles. The van der Waals surface area contributed by atoms with Crippen molar-refractivity contribution < 1.29 is 28.8 Å². The molecule has 1 aromatic rings. The molecule has 0 aliphatic rings. The number of nitrogens with one attached hydrogen (secondary N) is 1. The molecule has 1 aromatic carbocycles. The van der Waals surface area contributed by atoms with E-state index < -0.39 is 12.1 Å². The normalized spacial score (nSPS) is 9.82. The molecule has 0 aliphatic heterocycles.